The van der Waals surface area contributed by atoms with Crippen LogP contribution in [-0.4, -0.2) is 55.1 Å². The highest BCUT2D eigenvalue weighted by Crippen LogP contribution is 2.28. The van der Waals surface area contributed by atoms with E-state index in [2.05, 4.69) is 17.9 Å². The molecule has 3 N–H and O–H groups in total. The van der Waals surface area contributed by atoms with Gasteiger partial charge in [0, 0.05) is 32.4 Å². The minimum Gasteiger partial charge on any atom is -0.385 e. The van der Waals surface area contributed by atoms with Gasteiger partial charge in [-0.1, -0.05) is 36.4 Å². The van der Waals surface area contributed by atoms with Gasteiger partial charge in [0.1, 0.15) is 0 Å². The average molecular weight is 402 g/mol. The summed E-state index contributed by atoms with van der Waals surface area (Å²) in [6.07, 6.45) is 3.36. The highest BCUT2D eigenvalue weighted by molar-refractivity contribution is 7.80. The number of rotatable bonds is 8. The van der Waals surface area contributed by atoms with Crippen LogP contribution in [0.15, 0.2) is 42.5 Å². The molecule has 1 aliphatic rings. The van der Waals surface area contributed by atoms with Crippen molar-refractivity contribution in [2.45, 2.75) is 37.4 Å². The zero-order valence-corrected chi connectivity index (χ0v) is 17.5. The van der Waals surface area contributed by atoms with Gasteiger partial charge in [-0.2, -0.15) is 12.6 Å². The van der Waals surface area contributed by atoms with Gasteiger partial charge in [0.15, 0.2) is 0 Å². The molecule has 1 heterocycles. The number of thiol groups is 1. The number of methoxy groups -OCH3 is 1. The predicted octanol–water partition coefficient (Wildman–Crippen LogP) is 3.05. The van der Waals surface area contributed by atoms with E-state index in [1.54, 1.807) is 7.11 Å². The van der Waals surface area contributed by atoms with E-state index in [1.165, 1.54) is 0 Å². The summed E-state index contributed by atoms with van der Waals surface area (Å²) in [5.41, 5.74) is 6.95. The van der Waals surface area contributed by atoms with E-state index in [4.69, 9.17) is 10.5 Å². The molecule has 0 radical (unpaired) electrons. The number of carbonyl (C=O) groups excluding carboxylic acids is 1. The lowest BCUT2D eigenvalue weighted by Gasteiger charge is -2.49. The number of hydrogen-bond acceptors (Lipinski definition) is 5. The number of fused-ring (bicyclic) bond motifs is 1. The van der Waals surface area contributed by atoms with Crippen LogP contribution in [0.2, 0.25) is 0 Å². The van der Waals surface area contributed by atoms with Crippen molar-refractivity contribution in [2.75, 3.05) is 32.6 Å². The van der Waals surface area contributed by atoms with E-state index in [0.29, 0.717) is 19.7 Å². The lowest BCUT2D eigenvalue weighted by atomic mass is 9.88. The summed E-state index contributed by atoms with van der Waals surface area (Å²) in [5, 5.41) is 5.56. The second-order valence-electron chi connectivity index (χ2n) is 7.47. The largest absolute Gasteiger partial charge is 0.385 e. The predicted molar refractivity (Wildman–Crippen MR) is 118 cm³/mol. The molecule has 1 saturated heterocycles. The highest BCUT2D eigenvalue weighted by Gasteiger charge is 2.43. The molecule has 1 unspecified atom stereocenters. The number of nitrogens with two attached hydrogens (primary N) is 1. The molecule has 0 aliphatic carbocycles. The summed E-state index contributed by atoms with van der Waals surface area (Å²) in [5.74, 6) is 0.838. The Bertz CT molecular complexity index is 795. The third-order valence-corrected chi connectivity index (χ3v) is 5.95. The third-order valence-electron chi connectivity index (χ3n) is 5.63. The Hall–Kier alpha value is -1.60. The van der Waals surface area contributed by atoms with E-state index in [-0.39, 0.29) is 11.9 Å². The Morgan fingerprint density at radius 3 is 2.86 bits per heavy atom. The Kier molecular flexibility index (Phi) is 7.35. The average Bonchev–Trinajstić information content (AvgIpc) is 2.72. The first-order valence-electron chi connectivity index (χ1n) is 10.0. The van der Waals surface area contributed by atoms with Crippen LogP contribution in [0, 0.1) is 0 Å². The van der Waals surface area contributed by atoms with Gasteiger partial charge in [-0.3, -0.25) is 10.1 Å². The fraction of sp³-hybridized carbons (Fsp3) is 0.500. The number of benzene rings is 2. The number of nitrogens with one attached hydrogen (secondary N) is 1. The van der Waals surface area contributed by atoms with Crippen LogP contribution < -0.4 is 11.1 Å². The van der Waals surface area contributed by atoms with Crippen LogP contribution in [0.1, 0.15) is 36.0 Å². The molecule has 2 aromatic rings. The van der Waals surface area contributed by atoms with E-state index in [1.807, 2.05) is 47.4 Å². The van der Waals surface area contributed by atoms with Crippen molar-refractivity contribution in [1.82, 2.24) is 10.2 Å². The molecule has 28 heavy (non-hydrogen) atoms. The number of piperazine rings is 1. The van der Waals surface area contributed by atoms with Crippen LogP contribution in [0.25, 0.3) is 10.8 Å². The van der Waals surface area contributed by atoms with Crippen molar-refractivity contribution in [3.05, 3.63) is 48.0 Å². The molecular formula is C22H31N3O2S. The first kappa shape index (κ1) is 21.1. The molecule has 2 atom stereocenters. The van der Waals surface area contributed by atoms with Gasteiger partial charge in [-0.25, -0.2) is 0 Å². The number of hydrogen-bond donors (Lipinski definition) is 3. The minimum absolute atomic E-state index is 0.0593. The summed E-state index contributed by atoms with van der Waals surface area (Å²) >= 11 is 4.38. The van der Waals surface area contributed by atoms with Crippen LogP contribution in [0.5, 0.6) is 0 Å². The lowest BCUT2D eigenvalue weighted by molar-refractivity contribution is 0.0297. The van der Waals surface area contributed by atoms with Crippen LogP contribution in [0.4, 0.5) is 0 Å². The van der Waals surface area contributed by atoms with Gasteiger partial charge in [0.05, 0.1) is 11.7 Å². The van der Waals surface area contributed by atoms with Crippen molar-refractivity contribution in [1.29, 1.82) is 0 Å². The second-order valence-corrected chi connectivity index (χ2v) is 7.92. The molecule has 5 nitrogen and oxygen atoms in total. The molecule has 6 heteroatoms. The van der Waals surface area contributed by atoms with E-state index < -0.39 is 5.66 Å². The molecule has 3 rings (SSSR count). The first-order valence-corrected chi connectivity index (χ1v) is 10.7. The maximum absolute atomic E-state index is 13.6. The fourth-order valence-corrected chi connectivity index (χ4v) is 4.42. The van der Waals surface area contributed by atoms with E-state index >= 15 is 0 Å². The molecule has 152 valence electrons. The monoisotopic (exact) mass is 401 g/mol. The molecular weight excluding hydrogens is 370 g/mol. The SMILES string of the molecule is COCCC[C@]1(N)NCCN(C(=O)c2cccc3ccccc23)C1CCCS. The second kappa shape index (κ2) is 9.74. The summed E-state index contributed by atoms with van der Waals surface area (Å²) in [7, 11) is 1.70. The van der Waals surface area contributed by atoms with E-state index in [0.717, 1.165) is 47.8 Å². The van der Waals surface area contributed by atoms with Gasteiger partial charge in [-0.15, -0.1) is 0 Å². The van der Waals surface area contributed by atoms with Crippen molar-refractivity contribution < 1.29 is 9.53 Å². The normalized spacial score (nSPS) is 22.5. The third kappa shape index (κ3) is 4.51. The standard InChI is InChI=1S/C22H31N3O2S/c1-27-15-6-12-22(23)20(11-5-16-28)25(14-13-24-22)21(26)19-10-4-8-17-7-2-3-9-18(17)19/h2-4,7-10,20,24,28H,5-6,11-16,23H2,1H3/t20?,22-/m0/s1. The van der Waals surface area contributed by atoms with Crippen LogP contribution in [0.3, 0.4) is 0 Å². The molecule has 1 fully saturated rings. The Morgan fingerprint density at radius 1 is 1.29 bits per heavy atom. The summed E-state index contributed by atoms with van der Waals surface area (Å²) in [6.45, 7) is 2.01. The Labute approximate surface area is 173 Å². The maximum Gasteiger partial charge on any atom is 0.254 e. The molecule has 1 amide bonds. The van der Waals surface area contributed by atoms with Crippen molar-refractivity contribution in [2.24, 2.45) is 5.73 Å². The van der Waals surface area contributed by atoms with Crippen molar-refractivity contribution >= 4 is 29.3 Å². The topological polar surface area (TPSA) is 67.6 Å². The smallest absolute Gasteiger partial charge is 0.254 e. The number of ether oxygens (including phenoxy) is 1. The quantitative estimate of drug-likeness (QED) is 0.470. The molecule has 0 saturated carbocycles. The Morgan fingerprint density at radius 2 is 2.07 bits per heavy atom. The fourth-order valence-electron chi connectivity index (χ4n) is 4.23. The van der Waals surface area contributed by atoms with Gasteiger partial charge in [0.2, 0.25) is 0 Å². The molecule has 1 aliphatic heterocycles. The number of nitrogens with zero attached hydrogens (tertiary/aromatic N) is 1. The summed E-state index contributed by atoms with van der Waals surface area (Å²) in [6, 6.07) is 13.9. The Balaban J connectivity index is 1.91. The van der Waals surface area contributed by atoms with Gasteiger partial charge in [0.25, 0.3) is 5.91 Å². The van der Waals surface area contributed by atoms with Crippen molar-refractivity contribution in [3.63, 3.8) is 0 Å². The number of carbonyl (C=O) groups is 1. The molecule has 0 spiro atoms. The summed E-state index contributed by atoms with van der Waals surface area (Å²) in [4.78, 5) is 15.6. The minimum atomic E-state index is -0.611. The van der Waals surface area contributed by atoms with Gasteiger partial charge >= 0.3 is 0 Å². The highest BCUT2D eigenvalue weighted by atomic mass is 32.1. The zero-order valence-electron chi connectivity index (χ0n) is 16.6. The van der Waals surface area contributed by atoms with Crippen LogP contribution >= 0.6 is 12.6 Å². The van der Waals surface area contributed by atoms with Gasteiger partial charge in [-0.05, 0) is 48.3 Å². The maximum atomic E-state index is 13.6. The molecule has 0 bridgehead atoms. The number of amides is 1. The first-order chi connectivity index (χ1) is 13.6. The van der Waals surface area contributed by atoms with Gasteiger partial charge < -0.3 is 15.4 Å². The van der Waals surface area contributed by atoms with Crippen LogP contribution in [-0.2, 0) is 4.74 Å². The summed E-state index contributed by atoms with van der Waals surface area (Å²) < 4.78 is 5.21. The van der Waals surface area contributed by atoms with E-state index in [9.17, 15) is 4.79 Å². The lowest BCUT2D eigenvalue weighted by Crippen LogP contribution is -2.72. The molecule has 0 aromatic heterocycles. The zero-order chi connectivity index (χ0) is 20.0. The molecule has 2 aromatic carbocycles. The van der Waals surface area contributed by atoms with Crippen molar-refractivity contribution in [3.8, 4) is 0 Å².